The zero-order valence-electron chi connectivity index (χ0n) is 13.0. The Morgan fingerprint density at radius 1 is 1.23 bits per heavy atom. The quantitative estimate of drug-likeness (QED) is 0.485. The largest absolute Gasteiger partial charge is 0.462 e. The number of rotatable bonds is 4. The number of benzene rings is 1. The first-order valence-electron chi connectivity index (χ1n) is 7.88. The van der Waals surface area contributed by atoms with E-state index in [-0.39, 0.29) is 12.2 Å². The molecule has 4 nitrogen and oxygen atoms in total. The Hall–Kier alpha value is -2.28. The van der Waals surface area contributed by atoms with Gasteiger partial charge in [-0.15, -0.1) is 0 Å². The van der Waals surface area contributed by atoms with Crippen LogP contribution in [0.2, 0.25) is 0 Å². The van der Waals surface area contributed by atoms with Crippen LogP contribution < -0.4 is 4.90 Å². The van der Waals surface area contributed by atoms with Crippen molar-refractivity contribution in [3.63, 3.8) is 0 Å². The maximum atomic E-state index is 11.6. The predicted molar refractivity (Wildman–Crippen MR) is 87.3 cm³/mol. The minimum absolute atomic E-state index is 0.0318. The van der Waals surface area contributed by atoms with Gasteiger partial charge in [0.1, 0.15) is 11.6 Å². The van der Waals surface area contributed by atoms with Gasteiger partial charge in [0, 0.05) is 18.8 Å². The van der Waals surface area contributed by atoms with E-state index in [4.69, 9.17) is 10.00 Å². The first kappa shape index (κ1) is 16.1. The van der Waals surface area contributed by atoms with Crippen molar-refractivity contribution in [1.82, 2.24) is 0 Å². The molecule has 0 aliphatic carbocycles. The standard InChI is InChI=1S/C18H22N2O2/c1-2-22-18(21)16(14-19)13-15-7-9-17(10-8-15)20-11-5-3-4-6-12-20/h7-10,13H,2-6,11-12H2,1H3/b16-13+. The number of hydrogen-bond acceptors (Lipinski definition) is 4. The first-order chi connectivity index (χ1) is 10.7. The van der Waals surface area contributed by atoms with Crippen LogP contribution in [0.5, 0.6) is 0 Å². The molecule has 0 spiro atoms. The molecule has 1 fully saturated rings. The molecule has 0 aromatic heterocycles. The number of esters is 1. The Labute approximate surface area is 132 Å². The number of hydrogen-bond donors (Lipinski definition) is 0. The molecule has 0 saturated carbocycles. The van der Waals surface area contributed by atoms with Gasteiger partial charge in [-0.25, -0.2) is 4.79 Å². The molecule has 0 bridgehead atoms. The van der Waals surface area contributed by atoms with E-state index in [1.54, 1.807) is 13.0 Å². The van der Waals surface area contributed by atoms with E-state index < -0.39 is 5.97 Å². The van der Waals surface area contributed by atoms with Crippen LogP contribution in [0.4, 0.5) is 5.69 Å². The Morgan fingerprint density at radius 2 is 1.86 bits per heavy atom. The zero-order chi connectivity index (χ0) is 15.8. The molecule has 0 atom stereocenters. The van der Waals surface area contributed by atoms with Crippen molar-refractivity contribution >= 4 is 17.7 Å². The van der Waals surface area contributed by atoms with Gasteiger partial charge in [0.05, 0.1) is 6.61 Å². The lowest BCUT2D eigenvalue weighted by molar-refractivity contribution is -0.137. The number of anilines is 1. The minimum Gasteiger partial charge on any atom is -0.462 e. The SMILES string of the molecule is CCOC(=O)/C(C#N)=C/c1ccc(N2CCCCCC2)cc1. The molecule has 1 aliphatic rings. The van der Waals surface area contributed by atoms with Crippen LogP contribution in [0, 0.1) is 11.3 Å². The van der Waals surface area contributed by atoms with Crippen molar-refractivity contribution in [2.24, 2.45) is 0 Å². The van der Waals surface area contributed by atoms with Gasteiger partial charge in [-0.1, -0.05) is 25.0 Å². The van der Waals surface area contributed by atoms with Crippen LogP contribution in [-0.4, -0.2) is 25.7 Å². The molecule has 2 rings (SSSR count). The maximum Gasteiger partial charge on any atom is 0.348 e. The Kier molecular flexibility index (Phi) is 6.02. The van der Waals surface area contributed by atoms with Gasteiger partial charge in [-0.3, -0.25) is 0 Å². The molecule has 4 heteroatoms. The molecule has 0 radical (unpaired) electrons. The lowest BCUT2D eigenvalue weighted by Gasteiger charge is -2.22. The third kappa shape index (κ3) is 4.36. The summed E-state index contributed by atoms with van der Waals surface area (Å²) in [5, 5.41) is 9.05. The third-order valence-corrected chi connectivity index (χ3v) is 3.79. The number of nitrogens with zero attached hydrogens (tertiary/aromatic N) is 2. The monoisotopic (exact) mass is 298 g/mol. The molecule has 116 valence electrons. The summed E-state index contributed by atoms with van der Waals surface area (Å²) < 4.78 is 4.86. The molecule has 1 aromatic carbocycles. The highest BCUT2D eigenvalue weighted by Crippen LogP contribution is 2.21. The molecule has 0 unspecified atom stereocenters. The number of carbonyl (C=O) groups is 1. The van der Waals surface area contributed by atoms with Gasteiger partial charge >= 0.3 is 5.97 Å². The van der Waals surface area contributed by atoms with Crippen molar-refractivity contribution in [1.29, 1.82) is 5.26 Å². The first-order valence-corrected chi connectivity index (χ1v) is 7.88. The molecular weight excluding hydrogens is 276 g/mol. The normalized spacial score (nSPS) is 15.8. The second kappa shape index (κ2) is 8.23. The van der Waals surface area contributed by atoms with E-state index in [0.717, 1.165) is 18.7 Å². The fourth-order valence-corrected chi connectivity index (χ4v) is 2.62. The topological polar surface area (TPSA) is 53.3 Å². The summed E-state index contributed by atoms with van der Waals surface area (Å²) in [6.45, 7) is 4.19. The highest BCUT2D eigenvalue weighted by atomic mass is 16.5. The van der Waals surface area contributed by atoms with Crippen LogP contribution in [0.1, 0.15) is 38.2 Å². The summed E-state index contributed by atoms with van der Waals surface area (Å²) in [6, 6.07) is 9.89. The fraction of sp³-hybridized carbons (Fsp3) is 0.444. The van der Waals surface area contributed by atoms with Crippen LogP contribution in [0.25, 0.3) is 6.08 Å². The average Bonchev–Trinajstić information content (AvgIpc) is 2.82. The van der Waals surface area contributed by atoms with Gasteiger partial charge in [0.2, 0.25) is 0 Å². The number of ether oxygens (including phenoxy) is 1. The molecule has 1 heterocycles. The smallest absolute Gasteiger partial charge is 0.348 e. The molecule has 1 saturated heterocycles. The van der Waals surface area contributed by atoms with E-state index in [1.165, 1.54) is 31.4 Å². The van der Waals surface area contributed by atoms with Crippen molar-refractivity contribution in [3.05, 3.63) is 35.4 Å². The fourth-order valence-electron chi connectivity index (χ4n) is 2.62. The molecular formula is C18H22N2O2. The number of nitriles is 1. The van der Waals surface area contributed by atoms with Crippen LogP contribution in [0.15, 0.2) is 29.8 Å². The van der Waals surface area contributed by atoms with Gasteiger partial charge in [0.25, 0.3) is 0 Å². The molecule has 1 aromatic rings. The lowest BCUT2D eigenvalue weighted by atomic mass is 10.1. The van der Waals surface area contributed by atoms with E-state index in [0.29, 0.717) is 0 Å². The van der Waals surface area contributed by atoms with Gasteiger partial charge in [-0.05, 0) is 43.5 Å². The summed E-state index contributed by atoms with van der Waals surface area (Å²) in [5.74, 6) is -0.568. The molecule has 0 amide bonds. The summed E-state index contributed by atoms with van der Waals surface area (Å²) in [5.41, 5.74) is 2.07. The van der Waals surface area contributed by atoms with Crippen LogP contribution in [0.3, 0.4) is 0 Å². The highest BCUT2D eigenvalue weighted by molar-refractivity contribution is 5.97. The van der Waals surface area contributed by atoms with E-state index >= 15 is 0 Å². The summed E-state index contributed by atoms with van der Waals surface area (Å²) in [6.07, 6.45) is 6.67. The predicted octanol–water partition coefficient (Wildman–Crippen LogP) is 3.54. The van der Waals surface area contributed by atoms with Crippen molar-refractivity contribution in [3.8, 4) is 6.07 Å². The summed E-state index contributed by atoms with van der Waals surface area (Å²) >= 11 is 0. The van der Waals surface area contributed by atoms with Gasteiger partial charge < -0.3 is 9.64 Å². The second-order valence-electron chi connectivity index (χ2n) is 5.38. The van der Waals surface area contributed by atoms with Crippen LogP contribution >= 0.6 is 0 Å². The lowest BCUT2D eigenvalue weighted by Crippen LogP contribution is -2.23. The van der Waals surface area contributed by atoms with E-state index in [1.807, 2.05) is 18.2 Å². The van der Waals surface area contributed by atoms with Gasteiger partial charge in [-0.2, -0.15) is 5.26 Å². The van der Waals surface area contributed by atoms with Crippen molar-refractivity contribution in [2.75, 3.05) is 24.6 Å². The Bertz CT molecular complexity index is 562. The third-order valence-electron chi connectivity index (χ3n) is 3.79. The molecule has 0 N–H and O–H groups in total. The van der Waals surface area contributed by atoms with E-state index in [9.17, 15) is 4.79 Å². The molecule has 22 heavy (non-hydrogen) atoms. The zero-order valence-corrected chi connectivity index (χ0v) is 13.0. The second-order valence-corrected chi connectivity index (χ2v) is 5.38. The maximum absolute atomic E-state index is 11.6. The van der Waals surface area contributed by atoms with Crippen molar-refractivity contribution in [2.45, 2.75) is 32.6 Å². The van der Waals surface area contributed by atoms with Crippen molar-refractivity contribution < 1.29 is 9.53 Å². The number of carbonyl (C=O) groups excluding carboxylic acids is 1. The Morgan fingerprint density at radius 3 is 2.41 bits per heavy atom. The summed E-state index contributed by atoms with van der Waals surface area (Å²) in [4.78, 5) is 14.0. The summed E-state index contributed by atoms with van der Waals surface area (Å²) in [7, 11) is 0. The van der Waals surface area contributed by atoms with Crippen LogP contribution in [-0.2, 0) is 9.53 Å². The average molecular weight is 298 g/mol. The molecule has 1 aliphatic heterocycles. The van der Waals surface area contributed by atoms with E-state index in [2.05, 4.69) is 17.0 Å². The minimum atomic E-state index is -0.568. The highest BCUT2D eigenvalue weighted by Gasteiger charge is 2.11. The Balaban J connectivity index is 2.10. The van der Waals surface area contributed by atoms with Gasteiger partial charge in [0.15, 0.2) is 0 Å².